The molecule has 0 spiro atoms. The number of carboxylic acids is 1. The van der Waals surface area contributed by atoms with Crippen LogP contribution in [0.5, 0.6) is 11.5 Å². The van der Waals surface area contributed by atoms with Crippen LogP contribution in [0.3, 0.4) is 0 Å². The average molecular weight is 407 g/mol. The molecule has 0 saturated heterocycles. The van der Waals surface area contributed by atoms with Crippen LogP contribution in [0.1, 0.15) is 37.0 Å². The number of hydrogen-bond acceptors (Lipinski definition) is 6. The highest BCUT2D eigenvalue weighted by Gasteiger charge is 2.45. The van der Waals surface area contributed by atoms with Gasteiger partial charge in [-0.05, 0) is 25.0 Å². The Kier molecular flexibility index (Phi) is 8.37. The van der Waals surface area contributed by atoms with Crippen LogP contribution in [0, 0.1) is 30.1 Å². The summed E-state index contributed by atoms with van der Waals surface area (Å²) >= 11 is 6.11. The lowest BCUT2D eigenvalue weighted by molar-refractivity contribution is -0.165. The fourth-order valence-corrected chi connectivity index (χ4v) is 2.60. The SMILES string of the molecule is C#CCOc1cc(C(=O)OC(=O)C(CC)(CC)C(=O)O)cc(Cl)c1OCC#C. The van der Waals surface area contributed by atoms with Gasteiger partial charge < -0.3 is 19.3 Å². The van der Waals surface area contributed by atoms with E-state index in [1.807, 2.05) is 0 Å². The first-order valence-corrected chi connectivity index (χ1v) is 8.61. The van der Waals surface area contributed by atoms with Gasteiger partial charge in [-0.1, -0.05) is 37.3 Å². The molecular formula is C20H19ClO7. The van der Waals surface area contributed by atoms with Gasteiger partial charge in [0.2, 0.25) is 0 Å². The second-order valence-corrected chi connectivity index (χ2v) is 5.95. The molecule has 0 bridgehead atoms. The standard InChI is InChI=1S/C20H19ClO7/c1-5-9-26-15-12-13(11-14(21)16(15)27-10-6-2)17(22)28-19(25)20(7-3,8-4)18(23)24/h1-2,11-12H,7-10H2,3-4H3,(H,23,24). The fourth-order valence-electron chi connectivity index (χ4n) is 2.34. The summed E-state index contributed by atoms with van der Waals surface area (Å²) < 4.78 is 15.4. The molecule has 0 unspecified atom stereocenters. The average Bonchev–Trinajstić information content (AvgIpc) is 2.66. The van der Waals surface area contributed by atoms with Crippen molar-refractivity contribution in [3.63, 3.8) is 0 Å². The summed E-state index contributed by atoms with van der Waals surface area (Å²) in [7, 11) is 0. The molecule has 0 aromatic heterocycles. The largest absolute Gasteiger partial charge is 0.480 e. The van der Waals surface area contributed by atoms with Gasteiger partial charge in [0, 0.05) is 0 Å². The minimum Gasteiger partial charge on any atom is -0.480 e. The molecule has 7 nitrogen and oxygen atoms in total. The summed E-state index contributed by atoms with van der Waals surface area (Å²) in [4.78, 5) is 36.2. The summed E-state index contributed by atoms with van der Waals surface area (Å²) in [5, 5.41) is 9.35. The summed E-state index contributed by atoms with van der Waals surface area (Å²) in [6, 6.07) is 2.40. The van der Waals surface area contributed by atoms with Crippen LogP contribution in [0.4, 0.5) is 0 Å². The number of aliphatic carboxylic acids is 1. The molecule has 1 aromatic rings. The summed E-state index contributed by atoms with van der Waals surface area (Å²) in [6.45, 7) is 2.78. The normalized spacial score (nSPS) is 10.3. The monoisotopic (exact) mass is 406 g/mol. The molecule has 1 N–H and O–H groups in total. The van der Waals surface area contributed by atoms with E-state index in [1.165, 1.54) is 26.0 Å². The molecule has 28 heavy (non-hydrogen) atoms. The molecular weight excluding hydrogens is 388 g/mol. The molecule has 0 amide bonds. The van der Waals surface area contributed by atoms with Crippen molar-refractivity contribution in [3.05, 3.63) is 22.7 Å². The van der Waals surface area contributed by atoms with Gasteiger partial charge in [0.05, 0.1) is 10.6 Å². The zero-order valence-corrected chi connectivity index (χ0v) is 16.2. The number of halogens is 1. The van der Waals surface area contributed by atoms with Crippen molar-refractivity contribution in [3.8, 4) is 36.2 Å². The molecule has 1 rings (SSSR count). The Balaban J connectivity index is 3.22. The number of terminal acetylenes is 2. The number of carbonyl (C=O) groups is 3. The maximum atomic E-state index is 12.4. The van der Waals surface area contributed by atoms with Crippen LogP contribution >= 0.6 is 11.6 Å². The third kappa shape index (κ3) is 4.97. The highest BCUT2D eigenvalue weighted by Crippen LogP contribution is 2.37. The van der Waals surface area contributed by atoms with Crippen LogP contribution in [0.2, 0.25) is 5.02 Å². The summed E-state index contributed by atoms with van der Waals surface area (Å²) in [5.41, 5.74) is -1.97. The van der Waals surface area contributed by atoms with E-state index in [0.29, 0.717) is 0 Å². The van der Waals surface area contributed by atoms with Crippen LogP contribution < -0.4 is 9.47 Å². The molecule has 0 fully saturated rings. The Morgan fingerprint density at radius 2 is 1.68 bits per heavy atom. The van der Waals surface area contributed by atoms with E-state index in [0.717, 1.165) is 0 Å². The summed E-state index contributed by atoms with van der Waals surface area (Å²) in [6.07, 6.45) is 10.2. The second-order valence-electron chi connectivity index (χ2n) is 5.54. The van der Waals surface area contributed by atoms with Crippen LogP contribution in [0.25, 0.3) is 0 Å². The van der Waals surface area contributed by atoms with Gasteiger partial charge in [-0.15, -0.1) is 12.8 Å². The first-order valence-electron chi connectivity index (χ1n) is 8.23. The van der Waals surface area contributed by atoms with E-state index < -0.39 is 23.3 Å². The second kappa shape index (κ2) is 10.2. The van der Waals surface area contributed by atoms with E-state index in [4.69, 9.17) is 38.7 Å². The van der Waals surface area contributed by atoms with Crippen molar-refractivity contribution < 1.29 is 33.7 Å². The Morgan fingerprint density at radius 1 is 1.11 bits per heavy atom. The van der Waals surface area contributed by atoms with E-state index in [1.54, 1.807) is 0 Å². The minimum atomic E-state index is -1.82. The number of ether oxygens (including phenoxy) is 3. The molecule has 0 saturated carbocycles. The molecule has 148 valence electrons. The van der Waals surface area contributed by atoms with Gasteiger partial charge in [0.25, 0.3) is 0 Å². The first-order chi connectivity index (χ1) is 13.3. The van der Waals surface area contributed by atoms with Crippen molar-refractivity contribution in [1.29, 1.82) is 0 Å². The van der Waals surface area contributed by atoms with E-state index in [9.17, 15) is 19.5 Å². The predicted octanol–water partition coefficient (Wildman–Crippen LogP) is 2.94. The van der Waals surface area contributed by atoms with Crippen molar-refractivity contribution in [2.24, 2.45) is 5.41 Å². The Labute approximate surface area is 167 Å². The lowest BCUT2D eigenvalue weighted by Gasteiger charge is -2.23. The minimum absolute atomic E-state index is 0.0237. The lowest BCUT2D eigenvalue weighted by Crippen LogP contribution is -2.40. The van der Waals surface area contributed by atoms with Crippen LogP contribution in [-0.4, -0.2) is 36.2 Å². The first kappa shape index (κ1) is 22.9. The molecule has 8 heteroatoms. The highest BCUT2D eigenvalue weighted by atomic mass is 35.5. The molecule has 0 aliphatic heterocycles. The Bertz CT molecular complexity index is 841. The molecule has 0 heterocycles. The maximum Gasteiger partial charge on any atom is 0.346 e. The summed E-state index contributed by atoms with van der Waals surface area (Å²) in [5.74, 6) is 0.983. The van der Waals surface area contributed by atoms with Gasteiger partial charge in [-0.2, -0.15) is 0 Å². The number of esters is 2. The molecule has 0 atom stereocenters. The van der Waals surface area contributed by atoms with Crippen molar-refractivity contribution in [1.82, 2.24) is 0 Å². The zero-order valence-electron chi connectivity index (χ0n) is 15.4. The van der Waals surface area contributed by atoms with Gasteiger partial charge in [-0.25, -0.2) is 4.79 Å². The zero-order chi connectivity index (χ0) is 21.3. The van der Waals surface area contributed by atoms with Gasteiger partial charge in [-0.3, -0.25) is 9.59 Å². The van der Waals surface area contributed by atoms with Crippen LogP contribution in [0.15, 0.2) is 12.1 Å². The van der Waals surface area contributed by atoms with Gasteiger partial charge >= 0.3 is 17.9 Å². The number of rotatable bonds is 9. The topological polar surface area (TPSA) is 99.1 Å². The highest BCUT2D eigenvalue weighted by molar-refractivity contribution is 6.32. The fraction of sp³-hybridized carbons (Fsp3) is 0.350. The smallest absolute Gasteiger partial charge is 0.346 e. The van der Waals surface area contributed by atoms with Crippen LogP contribution in [-0.2, 0) is 14.3 Å². The van der Waals surface area contributed by atoms with E-state index >= 15 is 0 Å². The predicted molar refractivity (Wildman–Crippen MR) is 101 cm³/mol. The van der Waals surface area contributed by atoms with Crippen molar-refractivity contribution in [2.45, 2.75) is 26.7 Å². The number of benzene rings is 1. The number of carboxylic acid groups (broad SMARTS) is 1. The van der Waals surface area contributed by atoms with Gasteiger partial charge in [0.15, 0.2) is 16.9 Å². The maximum absolute atomic E-state index is 12.4. The Morgan fingerprint density at radius 3 is 2.18 bits per heavy atom. The molecule has 0 aliphatic rings. The van der Waals surface area contributed by atoms with Crippen molar-refractivity contribution >= 4 is 29.5 Å². The quantitative estimate of drug-likeness (QED) is 0.382. The number of carbonyl (C=O) groups excluding carboxylic acids is 2. The van der Waals surface area contributed by atoms with E-state index in [2.05, 4.69) is 11.8 Å². The lowest BCUT2D eigenvalue weighted by atomic mass is 9.82. The molecule has 1 aromatic carbocycles. The third-order valence-corrected chi connectivity index (χ3v) is 4.33. The third-order valence-electron chi connectivity index (χ3n) is 4.05. The molecule has 0 radical (unpaired) electrons. The van der Waals surface area contributed by atoms with Gasteiger partial charge in [0.1, 0.15) is 13.2 Å². The van der Waals surface area contributed by atoms with Crippen molar-refractivity contribution in [2.75, 3.05) is 13.2 Å². The van der Waals surface area contributed by atoms with E-state index in [-0.39, 0.29) is 48.1 Å². The Hall–Kier alpha value is -3.16. The molecule has 0 aliphatic carbocycles. The number of hydrogen-bond donors (Lipinski definition) is 1.